The van der Waals surface area contributed by atoms with Gasteiger partial charge in [-0.25, -0.2) is 0 Å². The molecular formula is C32H51NO. The minimum Gasteiger partial charge on any atom is -0.381 e. The fourth-order valence-corrected chi connectivity index (χ4v) is 9.99. The monoisotopic (exact) mass is 465 g/mol. The van der Waals surface area contributed by atoms with Crippen molar-refractivity contribution in [3.63, 3.8) is 0 Å². The van der Waals surface area contributed by atoms with Crippen molar-refractivity contribution >= 4 is 0 Å². The van der Waals surface area contributed by atoms with Crippen LogP contribution >= 0.6 is 0 Å². The van der Waals surface area contributed by atoms with Crippen LogP contribution in [0, 0.1) is 46.3 Å². The molecule has 0 heterocycles. The Morgan fingerprint density at radius 2 is 1.65 bits per heavy atom. The van der Waals surface area contributed by atoms with Crippen molar-refractivity contribution in [2.24, 2.45) is 46.3 Å². The molecule has 2 heteroatoms. The minimum absolute atomic E-state index is 0.427. The fourth-order valence-electron chi connectivity index (χ4n) is 9.99. The van der Waals surface area contributed by atoms with Gasteiger partial charge in [0.1, 0.15) is 0 Å². The molecule has 4 aliphatic rings. The molecule has 2 nitrogen and oxygen atoms in total. The summed E-state index contributed by atoms with van der Waals surface area (Å²) < 4.78 is 5.85. The van der Waals surface area contributed by atoms with Gasteiger partial charge in [0.05, 0.1) is 0 Å². The van der Waals surface area contributed by atoms with E-state index in [4.69, 9.17) is 4.74 Å². The molecule has 4 saturated carbocycles. The normalized spacial score (nSPS) is 43.4. The number of fused-ring (bicyclic) bond motifs is 5. The summed E-state index contributed by atoms with van der Waals surface area (Å²) in [5, 5.41) is 4.03. The molecule has 0 aromatic heterocycles. The van der Waals surface area contributed by atoms with Crippen molar-refractivity contribution in [3.8, 4) is 0 Å². The maximum absolute atomic E-state index is 5.85. The molecule has 34 heavy (non-hydrogen) atoms. The third-order valence-electron chi connectivity index (χ3n) is 11.8. The lowest BCUT2D eigenvalue weighted by atomic mass is 9.44. The van der Waals surface area contributed by atoms with Gasteiger partial charge in [-0.05, 0) is 130 Å². The minimum atomic E-state index is 0.427. The molecule has 0 saturated heterocycles. The van der Waals surface area contributed by atoms with Gasteiger partial charge in [-0.3, -0.25) is 0 Å². The van der Waals surface area contributed by atoms with E-state index < -0.39 is 0 Å². The highest BCUT2D eigenvalue weighted by Gasteiger charge is 2.60. The van der Waals surface area contributed by atoms with Gasteiger partial charge >= 0.3 is 0 Å². The van der Waals surface area contributed by atoms with Crippen LogP contribution in [0.3, 0.4) is 0 Å². The number of benzene rings is 1. The maximum atomic E-state index is 5.85. The van der Waals surface area contributed by atoms with Gasteiger partial charge in [0.2, 0.25) is 0 Å². The summed E-state index contributed by atoms with van der Waals surface area (Å²) in [6.45, 7) is 14.3. The van der Waals surface area contributed by atoms with E-state index in [0.29, 0.717) is 22.9 Å². The summed E-state index contributed by atoms with van der Waals surface area (Å²) in [6, 6.07) is 12.0. The highest BCUT2D eigenvalue weighted by molar-refractivity contribution is 5.18. The van der Waals surface area contributed by atoms with Crippen LogP contribution in [0.1, 0.15) is 104 Å². The molecule has 5 rings (SSSR count). The fraction of sp³-hybridized carbons (Fsp3) is 0.812. The summed E-state index contributed by atoms with van der Waals surface area (Å²) in [6.07, 6.45) is 13.1. The Hall–Kier alpha value is -0.860. The lowest BCUT2D eigenvalue weighted by Gasteiger charge is -2.61. The first-order chi connectivity index (χ1) is 16.4. The van der Waals surface area contributed by atoms with Gasteiger partial charge in [0, 0.05) is 25.3 Å². The van der Waals surface area contributed by atoms with E-state index in [2.05, 4.69) is 70.3 Å². The van der Waals surface area contributed by atoms with Crippen LogP contribution in [-0.4, -0.2) is 19.3 Å². The predicted molar refractivity (Wildman–Crippen MR) is 143 cm³/mol. The highest BCUT2D eigenvalue weighted by atomic mass is 16.5. The van der Waals surface area contributed by atoms with E-state index in [0.717, 1.165) is 48.7 Å². The molecule has 1 N–H and O–H groups in total. The van der Waals surface area contributed by atoms with Crippen LogP contribution in [0.5, 0.6) is 0 Å². The first-order valence-corrected chi connectivity index (χ1v) is 14.8. The molecule has 10 atom stereocenters. The Morgan fingerprint density at radius 3 is 2.41 bits per heavy atom. The molecule has 3 unspecified atom stereocenters. The zero-order valence-corrected chi connectivity index (χ0v) is 22.7. The average Bonchev–Trinajstić information content (AvgIpc) is 3.20. The first-order valence-electron chi connectivity index (χ1n) is 14.8. The van der Waals surface area contributed by atoms with E-state index in [1.165, 1.54) is 63.4 Å². The Bertz CT molecular complexity index is 808. The van der Waals surface area contributed by atoms with Crippen LogP contribution in [0.25, 0.3) is 0 Å². The van der Waals surface area contributed by atoms with Crippen molar-refractivity contribution in [1.82, 2.24) is 5.32 Å². The Balaban J connectivity index is 1.26. The van der Waals surface area contributed by atoms with E-state index in [9.17, 15) is 0 Å². The average molecular weight is 466 g/mol. The molecule has 0 bridgehead atoms. The van der Waals surface area contributed by atoms with Gasteiger partial charge < -0.3 is 10.1 Å². The first kappa shape index (κ1) is 24.8. The SMILES string of the molecule is CCOC[C@H]1CC[C@]2(C)C3CC[C@@]4(C)C(CCC4[C@H](C)N[C@@H](C)c4ccccc4)[C@@H]3CC[C@@H]2C1. The van der Waals surface area contributed by atoms with Crippen molar-refractivity contribution in [1.29, 1.82) is 0 Å². The molecule has 1 aromatic rings. The standard InChI is InChI=1S/C32H51NO/c1-6-34-21-24-16-18-31(4)26(20-24)12-13-27-29-15-14-28(32(29,5)19-17-30(27)31)23(3)33-22(2)25-10-8-7-9-11-25/h7-11,22-24,26-30,33H,6,12-21H2,1-5H3/t22-,23-,24-,26+,27-,28?,29?,30?,31-,32+/m0/s1. The van der Waals surface area contributed by atoms with Crippen LogP contribution in [0.2, 0.25) is 0 Å². The van der Waals surface area contributed by atoms with Crippen molar-refractivity contribution < 1.29 is 4.74 Å². The summed E-state index contributed by atoms with van der Waals surface area (Å²) in [7, 11) is 0. The second-order valence-electron chi connectivity index (χ2n) is 13.3. The quantitative estimate of drug-likeness (QED) is 0.440. The Morgan fingerprint density at radius 1 is 0.912 bits per heavy atom. The predicted octanol–water partition coefficient (Wildman–Crippen LogP) is 8.04. The number of ether oxygens (including phenoxy) is 1. The largest absolute Gasteiger partial charge is 0.381 e. The molecule has 0 spiro atoms. The van der Waals surface area contributed by atoms with Crippen LogP contribution in [-0.2, 0) is 4.74 Å². The highest BCUT2D eigenvalue weighted by Crippen LogP contribution is 2.68. The van der Waals surface area contributed by atoms with E-state index in [1.54, 1.807) is 0 Å². The van der Waals surface area contributed by atoms with Gasteiger partial charge in [0.25, 0.3) is 0 Å². The molecule has 190 valence electrons. The maximum Gasteiger partial charge on any atom is 0.0494 e. The van der Waals surface area contributed by atoms with E-state index in [1.807, 2.05) is 0 Å². The Kier molecular flexibility index (Phi) is 7.22. The van der Waals surface area contributed by atoms with Gasteiger partial charge in [-0.1, -0.05) is 44.2 Å². The summed E-state index contributed by atoms with van der Waals surface area (Å²) in [4.78, 5) is 0. The molecule has 1 aromatic carbocycles. The second kappa shape index (κ2) is 9.89. The summed E-state index contributed by atoms with van der Waals surface area (Å²) in [5.41, 5.74) is 2.54. The van der Waals surface area contributed by atoms with Gasteiger partial charge in [-0.2, -0.15) is 0 Å². The number of hydrogen-bond donors (Lipinski definition) is 1. The lowest BCUT2D eigenvalue weighted by Crippen LogP contribution is -2.54. The van der Waals surface area contributed by atoms with Crippen molar-refractivity contribution in [3.05, 3.63) is 35.9 Å². The molecule has 0 radical (unpaired) electrons. The van der Waals surface area contributed by atoms with Crippen LogP contribution in [0.15, 0.2) is 30.3 Å². The number of rotatable bonds is 7. The van der Waals surface area contributed by atoms with Crippen molar-refractivity contribution in [2.75, 3.05) is 13.2 Å². The lowest BCUT2D eigenvalue weighted by molar-refractivity contribution is -0.123. The second-order valence-corrected chi connectivity index (χ2v) is 13.3. The zero-order valence-electron chi connectivity index (χ0n) is 22.7. The summed E-state index contributed by atoms with van der Waals surface area (Å²) >= 11 is 0. The molecular weight excluding hydrogens is 414 g/mol. The molecule has 4 fully saturated rings. The van der Waals surface area contributed by atoms with Crippen molar-refractivity contribution in [2.45, 2.75) is 104 Å². The number of nitrogens with one attached hydrogen (secondary N) is 1. The Labute approximate surface area is 210 Å². The van der Waals surface area contributed by atoms with Gasteiger partial charge in [-0.15, -0.1) is 0 Å². The topological polar surface area (TPSA) is 21.3 Å². The molecule has 4 aliphatic carbocycles. The zero-order chi connectivity index (χ0) is 23.9. The number of hydrogen-bond acceptors (Lipinski definition) is 2. The van der Waals surface area contributed by atoms with E-state index in [-0.39, 0.29) is 0 Å². The molecule has 0 aliphatic heterocycles. The smallest absolute Gasteiger partial charge is 0.0494 e. The van der Waals surface area contributed by atoms with Crippen LogP contribution in [0.4, 0.5) is 0 Å². The van der Waals surface area contributed by atoms with Gasteiger partial charge in [0.15, 0.2) is 0 Å². The third-order valence-corrected chi connectivity index (χ3v) is 11.8. The third kappa shape index (κ3) is 4.30. The van der Waals surface area contributed by atoms with E-state index >= 15 is 0 Å². The summed E-state index contributed by atoms with van der Waals surface area (Å²) in [5.74, 6) is 5.48. The molecule has 0 amide bonds. The van der Waals surface area contributed by atoms with Crippen LogP contribution < -0.4 is 5.32 Å².